The van der Waals surface area contributed by atoms with E-state index in [9.17, 15) is 0 Å². The summed E-state index contributed by atoms with van der Waals surface area (Å²) < 4.78 is 25.3. The number of ether oxygens (including phenoxy) is 2. The van der Waals surface area contributed by atoms with Crippen LogP contribution < -0.4 is 23.0 Å². The summed E-state index contributed by atoms with van der Waals surface area (Å²) >= 11 is 7.61. The fourth-order valence-corrected chi connectivity index (χ4v) is 13.4. The Hall–Kier alpha value is -4.30. The molecule has 2 aliphatic heterocycles. The van der Waals surface area contributed by atoms with Crippen molar-refractivity contribution in [2.45, 2.75) is 116 Å². The number of pyridine rings is 2. The minimum Gasteiger partial charge on any atom is -0.467 e. The van der Waals surface area contributed by atoms with Gasteiger partial charge in [-0.1, -0.05) is 60.7 Å². The quantitative estimate of drug-likeness (QED) is 0.0563. The molecule has 0 amide bonds. The van der Waals surface area contributed by atoms with Crippen molar-refractivity contribution >= 4 is 117 Å². The van der Waals surface area contributed by atoms with E-state index in [4.69, 9.17) is 23.5 Å². The fourth-order valence-electron chi connectivity index (χ4n) is 7.99. The molecule has 8 aromatic rings. The molecule has 2 aliphatic rings. The van der Waals surface area contributed by atoms with Gasteiger partial charge in [0, 0.05) is 38.0 Å². The maximum absolute atomic E-state index is 6.26. The topological polar surface area (TPSA) is 206 Å². The molecule has 2 unspecified atom stereocenters. The van der Waals surface area contributed by atoms with Gasteiger partial charge in [-0.15, -0.1) is 11.8 Å². The number of halogens is 1. The molecule has 0 aromatic carbocycles. The maximum Gasteiger partial charge on any atom is 0.324 e. The second kappa shape index (κ2) is 25.0. The Morgan fingerprint density at radius 3 is 1.49 bits per heavy atom. The van der Waals surface area contributed by atoms with Crippen LogP contribution in [0, 0.1) is 11.8 Å². The van der Waals surface area contributed by atoms with Crippen molar-refractivity contribution in [1.29, 1.82) is 0 Å². The Bertz CT molecular complexity index is 3010. The van der Waals surface area contributed by atoms with Gasteiger partial charge in [-0.05, 0) is 97.8 Å². The average Bonchev–Trinajstić information content (AvgIpc) is 4.23. The van der Waals surface area contributed by atoms with Gasteiger partial charge in [-0.2, -0.15) is 9.97 Å². The molecule has 24 heteroatoms. The van der Waals surface area contributed by atoms with Crippen LogP contribution in [0.4, 0.5) is 12.0 Å². The molecule has 0 radical (unpaired) electrons. The molecule has 10 heterocycles. The zero-order valence-electron chi connectivity index (χ0n) is 43.1. The largest absolute Gasteiger partial charge is 0.467 e. The first kappa shape index (κ1) is 54.9. The van der Waals surface area contributed by atoms with Crippen LogP contribution in [-0.2, 0) is 0 Å². The van der Waals surface area contributed by atoms with Crippen molar-refractivity contribution in [3.05, 3.63) is 65.3 Å². The molecule has 0 spiro atoms. The van der Waals surface area contributed by atoms with Gasteiger partial charge in [0.2, 0.25) is 0 Å². The molecule has 2 atom stereocenters. The summed E-state index contributed by atoms with van der Waals surface area (Å²) in [7, 11) is 0. The molecular weight excluding hydrogens is 1180 g/mol. The van der Waals surface area contributed by atoms with E-state index in [2.05, 4.69) is 137 Å². The van der Waals surface area contributed by atoms with Gasteiger partial charge in [0.05, 0.1) is 18.1 Å². The summed E-state index contributed by atoms with van der Waals surface area (Å²) in [5, 5.41) is 11.4. The molecule has 2 saturated heterocycles. The van der Waals surface area contributed by atoms with Crippen LogP contribution in [-0.4, -0.2) is 129 Å². The van der Waals surface area contributed by atoms with Crippen molar-refractivity contribution in [2.24, 2.45) is 11.8 Å². The van der Waals surface area contributed by atoms with Crippen LogP contribution in [0.15, 0.2) is 72.8 Å². The van der Waals surface area contributed by atoms with Crippen molar-refractivity contribution in [2.75, 3.05) is 48.5 Å². The third kappa shape index (κ3) is 14.6. The number of thiazole rings is 2. The third-order valence-corrected chi connectivity index (χ3v) is 21.1. The van der Waals surface area contributed by atoms with Crippen LogP contribution in [0.3, 0.4) is 0 Å². The van der Waals surface area contributed by atoms with E-state index in [1.54, 1.807) is 35.9 Å². The standard InChI is InChI=1S/C23H27N7O2S2.C18H22BrN5O2S.C5H5N2S.3CH3.Sn/c1-13(2)20-28-22(32-29-20)30-9-7-15(8-10-30)14(3)31-23-27-17-6-5-16(26-21(17)34-23)18-11-25-19(33-4)12-24-18;1-10(2)15-22-17(26-23-15)24-8-6-12(7-9-24)11(3)25-18-20-13-4-5-14(19)21-16(13)27-18;1-8-5-4-6-2-3-7-5;;;;/h5-6,11-15H,7-10H2,1-4H3;4-5,10-12H,6-9H2,1-3H3;3-4H,1H3;3*1H3;. The summed E-state index contributed by atoms with van der Waals surface area (Å²) in [6, 6.07) is 8.99. The first-order valence-corrected chi connectivity index (χ1v) is 39.3. The summed E-state index contributed by atoms with van der Waals surface area (Å²) in [5.74, 6) is 2.96. The van der Waals surface area contributed by atoms with Crippen molar-refractivity contribution in [3.8, 4) is 21.8 Å². The molecule has 10 rings (SSSR count). The Morgan fingerprint density at radius 2 is 1.07 bits per heavy atom. The molecule has 8 aromatic heterocycles. The summed E-state index contributed by atoms with van der Waals surface area (Å²) in [6.07, 6.45) is 15.5. The molecule has 0 saturated carbocycles. The van der Waals surface area contributed by atoms with Gasteiger partial charge >= 0.3 is 94.3 Å². The second-order valence-corrected chi connectivity index (χ2v) is 38.2. The SMILES string of the molecule is CC(C)c1noc(N2CCC(C(C)Oc3nc4ccc(Br)nc4s3)CC2)n1.CSc1cn[c]([Sn]([CH3])([CH3])[CH3])cn1.CSc1cnc(-c2ccc3nc(OC(C)C4CCN(c5nc(C(C)C)no5)CC4)sc3n2)cn1. The smallest absolute Gasteiger partial charge is 0.324 e. The third-order valence-electron chi connectivity index (χ3n) is 12.6. The van der Waals surface area contributed by atoms with Crippen LogP contribution in [0.2, 0.25) is 14.8 Å². The Balaban J connectivity index is 0.000000162. The van der Waals surface area contributed by atoms with Gasteiger partial charge < -0.3 is 28.3 Å². The van der Waals surface area contributed by atoms with E-state index < -0.39 is 18.4 Å². The predicted molar refractivity (Wildman–Crippen MR) is 299 cm³/mol. The maximum atomic E-state index is 6.26. The van der Waals surface area contributed by atoms with Crippen LogP contribution >= 0.6 is 62.1 Å². The molecule has 0 N–H and O–H groups in total. The number of piperidine rings is 2. The van der Waals surface area contributed by atoms with Crippen molar-refractivity contribution in [3.63, 3.8) is 0 Å². The number of hydrogen-bond acceptors (Lipinski definition) is 22. The zero-order valence-corrected chi connectivity index (χ0v) is 50.9. The summed E-state index contributed by atoms with van der Waals surface area (Å²) in [6.45, 7) is 16.0. The number of aromatic nitrogens is 12. The van der Waals surface area contributed by atoms with Crippen LogP contribution in [0.25, 0.3) is 32.1 Å². The summed E-state index contributed by atoms with van der Waals surface area (Å²) in [4.78, 5) is 58.1. The molecule has 73 heavy (non-hydrogen) atoms. The van der Waals surface area contributed by atoms with Crippen molar-refractivity contribution in [1.82, 2.24) is 60.2 Å². The monoisotopic (exact) mass is 1240 g/mol. The molecule has 388 valence electrons. The number of thioether (sulfide) groups is 2. The van der Waals surface area contributed by atoms with Gasteiger partial charge in [0.1, 0.15) is 48.2 Å². The van der Waals surface area contributed by atoms with E-state index in [-0.39, 0.29) is 24.0 Å². The van der Waals surface area contributed by atoms with E-state index in [1.807, 2.05) is 49.2 Å². The number of anilines is 2. The minimum absolute atomic E-state index is 0.0565. The van der Waals surface area contributed by atoms with Crippen molar-refractivity contribution < 1.29 is 18.5 Å². The number of rotatable bonds is 14. The second-order valence-electron chi connectivity index (χ2n) is 19.6. The number of fused-ring (bicyclic) bond motifs is 2. The number of hydrogen-bond donors (Lipinski definition) is 0. The molecule has 18 nitrogen and oxygen atoms in total. The Labute approximate surface area is 455 Å². The minimum atomic E-state index is -1.94. The normalized spacial score (nSPS) is 15.6. The van der Waals surface area contributed by atoms with E-state index in [0.29, 0.717) is 34.3 Å². The Morgan fingerprint density at radius 1 is 0.589 bits per heavy atom. The van der Waals surface area contributed by atoms with E-state index in [1.165, 1.54) is 26.4 Å². The van der Waals surface area contributed by atoms with Gasteiger partial charge in [0.15, 0.2) is 11.6 Å². The zero-order chi connectivity index (χ0) is 51.8. The first-order chi connectivity index (χ1) is 35.0. The molecular formula is C49H63BrN14O4S4Sn. The molecule has 2 fully saturated rings. The predicted octanol–water partition coefficient (Wildman–Crippen LogP) is 11.4. The summed E-state index contributed by atoms with van der Waals surface area (Å²) in [5.41, 5.74) is 3.23. The van der Waals surface area contributed by atoms with Gasteiger partial charge in [-0.25, -0.2) is 24.9 Å². The van der Waals surface area contributed by atoms with Crippen LogP contribution in [0.5, 0.6) is 10.4 Å². The van der Waals surface area contributed by atoms with Crippen LogP contribution in [0.1, 0.15) is 90.7 Å². The fraction of sp³-hybridized carbons (Fsp3) is 0.510. The van der Waals surface area contributed by atoms with E-state index in [0.717, 1.165) is 110 Å². The average molecular weight is 1240 g/mol. The van der Waals surface area contributed by atoms with Gasteiger partial charge in [0.25, 0.3) is 10.4 Å². The van der Waals surface area contributed by atoms with E-state index >= 15 is 0 Å². The Kier molecular flexibility index (Phi) is 18.8. The molecule has 0 bridgehead atoms. The number of nitrogens with zero attached hydrogens (tertiary/aromatic N) is 14. The first-order valence-electron chi connectivity index (χ1n) is 24.5. The molecule has 0 aliphatic carbocycles. The van der Waals surface area contributed by atoms with Gasteiger partial charge in [-0.3, -0.25) is 4.98 Å².